The molecule has 1 N–H and O–H groups in total. The van der Waals surface area contributed by atoms with Crippen LogP contribution >= 0.6 is 0 Å². The fraction of sp³-hybridized carbons (Fsp3) is 0.353. The van der Waals surface area contributed by atoms with Crippen molar-refractivity contribution in [3.63, 3.8) is 0 Å². The Bertz CT molecular complexity index is 535. The Kier molecular flexibility index (Phi) is 5.13. The number of hydrogen-bond donors (Lipinski definition) is 1. The Morgan fingerprint density at radius 3 is 2.50 bits per heavy atom. The molecule has 0 aliphatic rings. The van der Waals surface area contributed by atoms with Crippen LogP contribution in [0.1, 0.15) is 32.0 Å². The maximum atomic E-state index is 5.86. The fourth-order valence-electron chi connectivity index (χ4n) is 1.85. The SMILES string of the molecule is CCc1ccc(Oc2ccnc(CNC(C)C)c2)cc1. The van der Waals surface area contributed by atoms with Crippen molar-refractivity contribution in [3.8, 4) is 11.5 Å². The molecule has 3 heteroatoms. The van der Waals surface area contributed by atoms with Gasteiger partial charge >= 0.3 is 0 Å². The normalized spacial score (nSPS) is 10.8. The summed E-state index contributed by atoms with van der Waals surface area (Å²) in [6.45, 7) is 7.14. The second-order valence-electron chi connectivity index (χ2n) is 5.12. The minimum Gasteiger partial charge on any atom is -0.457 e. The molecule has 1 heterocycles. The standard InChI is InChI=1S/C17H22N2O/c1-4-14-5-7-16(8-6-14)20-17-9-10-18-15(11-17)12-19-13(2)3/h5-11,13,19H,4,12H2,1-3H3. The van der Waals surface area contributed by atoms with E-state index in [2.05, 4.69) is 43.2 Å². The third-order valence-corrected chi connectivity index (χ3v) is 3.05. The van der Waals surface area contributed by atoms with Crippen LogP contribution in [0.5, 0.6) is 11.5 Å². The fourth-order valence-corrected chi connectivity index (χ4v) is 1.85. The lowest BCUT2D eigenvalue weighted by atomic mass is 10.2. The van der Waals surface area contributed by atoms with Gasteiger partial charge < -0.3 is 10.1 Å². The largest absolute Gasteiger partial charge is 0.457 e. The number of benzene rings is 1. The van der Waals surface area contributed by atoms with E-state index in [1.54, 1.807) is 6.20 Å². The van der Waals surface area contributed by atoms with Crippen LogP contribution < -0.4 is 10.1 Å². The molecule has 20 heavy (non-hydrogen) atoms. The van der Waals surface area contributed by atoms with Crippen molar-refractivity contribution >= 4 is 0 Å². The third kappa shape index (κ3) is 4.35. The van der Waals surface area contributed by atoms with Crippen LogP contribution in [-0.2, 0) is 13.0 Å². The van der Waals surface area contributed by atoms with E-state index in [1.165, 1.54) is 5.56 Å². The smallest absolute Gasteiger partial charge is 0.130 e. The summed E-state index contributed by atoms with van der Waals surface area (Å²) in [4.78, 5) is 4.34. The first-order valence-electron chi connectivity index (χ1n) is 7.12. The van der Waals surface area contributed by atoms with Gasteiger partial charge in [-0.05, 0) is 30.2 Å². The molecule has 2 rings (SSSR count). The zero-order valence-electron chi connectivity index (χ0n) is 12.4. The number of ether oxygens (including phenoxy) is 1. The highest BCUT2D eigenvalue weighted by molar-refractivity contribution is 5.33. The Morgan fingerprint density at radius 1 is 1.10 bits per heavy atom. The van der Waals surface area contributed by atoms with Gasteiger partial charge in [-0.15, -0.1) is 0 Å². The molecular formula is C17H22N2O. The second-order valence-corrected chi connectivity index (χ2v) is 5.12. The maximum absolute atomic E-state index is 5.86. The van der Waals surface area contributed by atoms with Gasteiger partial charge in [-0.3, -0.25) is 4.98 Å². The molecule has 0 amide bonds. The number of pyridine rings is 1. The molecule has 3 nitrogen and oxygen atoms in total. The van der Waals surface area contributed by atoms with Crippen molar-refractivity contribution in [1.82, 2.24) is 10.3 Å². The quantitative estimate of drug-likeness (QED) is 0.863. The van der Waals surface area contributed by atoms with E-state index in [0.717, 1.165) is 30.2 Å². The number of nitrogens with one attached hydrogen (secondary N) is 1. The average molecular weight is 270 g/mol. The van der Waals surface area contributed by atoms with Crippen LogP contribution in [0, 0.1) is 0 Å². The van der Waals surface area contributed by atoms with Gasteiger partial charge in [0.25, 0.3) is 0 Å². The highest BCUT2D eigenvalue weighted by atomic mass is 16.5. The summed E-state index contributed by atoms with van der Waals surface area (Å²) in [7, 11) is 0. The van der Waals surface area contributed by atoms with E-state index in [9.17, 15) is 0 Å². The number of nitrogens with zero attached hydrogens (tertiary/aromatic N) is 1. The molecule has 1 aromatic carbocycles. The summed E-state index contributed by atoms with van der Waals surface area (Å²) in [5.41, 5.74) is 2.30. The first-order valence-corrected chi connectivity index (χ1v) is 7.12. The predicted octanol–water partition coefficient (Wildman–Crippen LogP) is 3.93. The average Bonchev–Trinajstić information content (AvgIpc) is 2.46. The van der Waals surface area contributed by atoms with E-state index in [0.29, 0.717) is 6.04 Å². The lowest BCUT2D eigenvalue weighted by Gasteiger charge is -2.10. The molecule has 0 aliphatic carbocycles. The molecule has 106 valence electrons. The van der Waals surface area contributed by atoms with E-state index in [4.69, 9.17) is 4.74 Å². The van der Waals surface area contributed by atoms with Crippen molar-refractivity contribution in [2.24, 2.45) is 0 Å². The molecule has 0 saturated carbocycles. The first kappa shape index (κ1) is 14.5. The van der Waals surface area contributed by atoms with Crippen molar-refractivity contribution in [2.75, 3.05) is 0 Å². The number of rotatable bonds is 6. The molecule has 0 bridgehead atoms. The summed E-state index contributed by atoms with van der Waals surface area (Å²) < 4.78 is 5.86. The molecule has 0 unspecified atom stereocenters. The molecule has 0 saturated heterocycles. The van der Waals surface area contributed by atoms with Crippen LogP contribution in [0.2, 0.25) is 0 Å². The van der Waals surface area contributed by atoms with Crippen molar-refractivity contribution in [1.29, 1.82) is 0 Å². The topological polar surface area (TPSA) is 34.1 Å². The summed E-state index contributed by atoms with van der Waals surface area (Å²) in [6.07, 6.45) is 2.83. The summed E-state index contributed by atoms with van der Waals surface area (Å²) in [6, 6.07) is 12.5. The van der Waals surface area contributed by atoms with E-state index in [-0.39, 0.29) is 0 Å². The van der Waals surface area contributed by atoms with E-state index >= 15 is 0 Å². The van der Waals surface area contributed by atoms with Crippen molar-refractivity contribution < 1.29 is 4.74 Å². The zero-order chi connectivity index (χ0) is 14.4. The number of aryl methyl sites for hydroxylation is 1. The minimum absolute atomic E-state index is 0.447. The van der Waals surface area contributed by atoms with Crippen LogP contribution in [0.3, 0.4) is 0 Å². The monoisotopic (exact) mass is 270 g/mol. The lowest BCUT2D eigenvalue weighted by molar-refractivity contribution is 0.479. The molecule has 2 aromatic rings. The van der Waals surface area contributed by atoms with Gasteiger partial charge in [0.05, 0.1) is 5.69 Å². The van der Waals surface area contributed by atoms with Gasteiger partial charge in [0.2, 0.25) is 0 Å². The summed E-state index contributed by atoms with van der Waals surface area (Å²) in [5, 5.41) is 3.35. The molecule has 0 aliphatic heterocycles. The van der Waals surface area contributed by atoms with Gasteiger partial charge in [-0.2, -0.15) is 0 Å². The van der Waals surface area contributed by atoms with E-state index in [1.807, 2.05) is 24.3 Å². The second kappa shape index (κ2) is 7.06. The Labute approximate surface area is 121 Å². The summed E-state index contributed by atoms with van der Waals surface area (Å²) >= 11 is 0. The van der Waals surface area contributed by atoms with Gasteiger partial charge in [-0.1, -0.05) is 32.9 Å². The highest BCUT2D eigenvalue weighted by Gasteiger charge is 2.01. The molecule has 0 spiro atoms. The predicted molar refractivity (Wildman–Crippen MR) is 82.1 cm³/mol. The van der Waals surface area contributed by atoms with Gasteiger partial charge in [0.15, 0.2) is 0 Å². The van der Waals surface area contributed by atoms with Crippen LogP contribution in [0.15, 0.2) is 42.6 Å². The maximum Gasteiger partial charge on any atom is 0.130 e. The first-order chi connectivity index (χ1) is 9.67. The summed E-state index contributed by atoms with van der Waals surface area (Å²) in [5.74, 6) is 1.68. The van der Waals surface area contributed by atoms with Crippen molar-refractivity contribution in [3.05, 3.63) is 53.9 Å². The van der Waals surface area contributed by atoms with E-state index < -0.39 is 0 Å². The lowest BCUT2D eigenvalue weighted by Crippen LogP contribution is -2.22. The Morgan fingerprint density at radius 2 is 1.85 bits per heavy atom. The highest BCUT2D eigenvalue weighted by Crippen LogP contribution is 2.22. The minimum atomic E-state index is 0.447. The molecular weight excluding hydrogens is 248 g/mol. The van der Waals surface area contributed by atoms with Crippen LogP contribution in [-0.4, -0.2) is 11.0 Å². The van der Waals surface area contributed by atoms with Crippen LogP contribution in [0.25, 0.3) is 0 Å². The Balaban J connectivity index is 2.02. The van der Waals surface area contributed by atoms with Gasteiger partial charge in [0.1, 0.15) is 11.5 Å². The zero-order valence-corrected chi connectivity index (χ0v) is 12.4. The van der Waals surface area contributed by atoms with Gasteiger partial charge in [0, 0.05) is 24.8 Å². The molecule has 0 radical (unpaired) electrons. The van der Waals surface area contributed by atoms with Gasteiger partial charge in [-0.25, -0.2) is 0 Å². The Hall–Kier alpha value is -1.87. The molecule has 1 aromatic heterocycles. The third-order valence-electron chi connectivity index (χ3n) is 3.05. The number of aromatic nitrogens is 1. The number of hydrogen-bond acceptors (Lipinski definition) is 3. The van der Waals surface area contributed by atoms with Crippen molar-refractivity contribution in [2.45, 2.75) is 39.8 Å². The van der Waals surface area contributed by atoms with Crippen LogP contribution in [0.4, 0.5) is 0 Å². The molecule has 0 fully saturated rings. The molecule has 0 atom stereocenters.